The summed E-state index contributed by atoms with van der Waals surface area (Å²) in [7, 11) is 0. The molecule has 0 aliphatic heterocycles. The Balaban J connectivity index is 2.22. The van der Waals surface area contributed by atoms with Gasteiger partial charge in [-0.25, -0.2) is 0 Å². The van der Waals surface area contributed by atoms with Gasteiger partial charge in [0.15, 0.2) is 4.80 Å². The van der Waals surface area contributed by atoms with Crippen LogP contribution in [0.4, 0.5) is 0 Å². The van der Waals surface area contributed by atoms with E-state index in [0.717, 1.165) is 23.1 Å². The van der Waals surface area contributed by atoms with Crippen molar-refractivity contribution in [3.63, 3.8) is 0 Å². The number of allylic oxidation sites excluding steroid dienone is 1. The third-order valence-electron chi connectivity index (χ3n) is 3.10. The third kappa shape index (κ3) is 2.38. The Hall–Kier alpha value is -1.39. The highest BCUT2D eigenvalue weighted by Crippen LogP contribution is 2.30. The number of amides is 1. The van der Waals surface area contributed by atoms with E-state index >= 15 is 0 Å². The number of para-hydroxylation sites is 1. The molecule has 1 saturated carbocycles. The number of nitrogens with zero attached hydrogens (tertiary/aromatic N) is 2. The monoisotopic (exact) mass is 292 g/mol. The first-order chi connectivity index (χ1) is 9.20. The average Bonchev–Trinajstić information content (AvgIpc) is 3.16. The number of hydrogen-bond acceptors (Lipinski definition) is 2. The third-order valence-corrected chi connectivity index (χ3v) is 4.44. The quantitative estimate of drug-likeness (QED) is 0.799. The van der Waals surface area contributed by atoms with Crippen LogP contribution in [0.3, 0.4) is 0 Å². The minimum atomic E-state index is -0.0134. The van der Waals surface area contributed by atoms with Gasteiger partial charge in [-0.2, -0.15) is 4.99 Å². The molecular formula is C14H13ClN2OS. The van der Waals surface area contributed by atoms with Gasteiger partial charge in [0.25, 0.3) is 5.91 Å². The van der Waals surface area contributed by atoms with Crippen molar-refractivity contribution < 1.29 is 4.79 Å². The molecule has 1 aromatic carbocycles. The van der Waals surface area contributed by atoms with E-state index in [2.05, 4.69) is 11.6 Å². The molecule has 0 atom stereocenters. The van der Waals surface area contributed by atoms with Crippen LogP contribution >= 0.6 is 22.9 Å². The number of hydrogen-bond donors (Lipinski definition) is 0. The molecule has 0 saturated heterocycles. The minimum absolute atomic E-state index is 0.0134. The molecule has 5 heteroatoms. The number of fused-ring (bicyclic) bond motifs is 1. The lowest BCUT2D eigenvalue weighted by atomic mass is 10.3. The first-order valence-corrected chi connectivity index (χ1v) is 7.37. The molecule has 1 fully saturated rings. The number of carbonyl (C=O) groups is 1. The summed E-state index contributed by atoms with van der Waals surface area (Å²) in [6, 6.07) is 5.75. The fourth-order valence-corrected chi connectivity index (χ4v) is 3.39. The Kier molecular flexibility index (Phi) is 3.29. The molecule has 3 nitrogen and oxygen atoms in total. The lowest BCUT2D eigenvalue weighted by Crippen LogP contribution is -2.16. The Bertz CT molecular complexity index is 725. The summed E-state index contributed by atoms with van der Waals surface area (Å²) in [5, 5.41) is 0.677. The second kappa shape index (κ2) is 4.94. The molecule has 1 aromatic heterocycles. The van der Waals surface area contributed by atoms with E-state index in [9.17, 15) is 4.79 Å². The molecule has 0 unspecified atom stereocenters. The molecule has 0 radical (unpaired) electrons. The van der Waals surface area contributed by atoms with Gasteiger partial charge in [-0.15, -0.1) is 6.58 Å². The van der Waals surface area contributed by atoms with E-state index in [1.807, 2.05) is 22.8 Å². The summed E-state index contributed by atoms with van der Waals surface area (Å²) >= 11 is 7.74. The van der Waals surface area contributed by atoms with Crippen LogP contribution < -0.4 is 4.80 Å². The Morgan fingerprint density at radius 1 is 1.58 bits per heavy atom. The SMILES string of the molecule is C=CCn1c(=NC(=O)C2CC2)sc2cccc(Cl)c21. The average molecular weight is 293 g/mol. The van der Waals surface area contributed by atoms with E-state index in [1.165, 1.54) is 11.3 Å². The van der Waals surface area contributed by atoms with Gasteiger partial charge in [-0.1, -0.05) is 35.1 Å². The number of halogens is 1. The van der Waals surface area contributed by atoms with Gasteiger partial charge in [-0.05, 0) is 25.0 Å². The number of rotatable bonds is 3. The molecule has 0 spiro atoms. The minimum Gasteiger partial charge on any atom is -0.311 e. The predicted octanol–water partition coefficient (Wildman–Crippen LogP) is 3.38. The van der Waals surface area contributed by atoms with Gasteiger partial charge >= 0.3 is 0 Å². The van der Waals surface area contributed by atoms with Crippen molar-refractivity contribution in [1.82, 2.24) is 4.57 Å². The molecule has 1 aliphatic carbocycles. The zero-order valence-electron chi connectivity index (χ0n) is 10.3. The van der Waals surface area contributed by atoms with E-state index in [-0.39, 0.29) is 11.8 Å². The van der Waals surface area contributed by atoms with Crippen LogP contribution in [0.15, 0.2) is 35.8 Å². The fourth-order valence-electron chi connectivity index (χ4n) is 1.99. The number of thiazole rings is 1. The van der Waals surface area contributed by atoms with Crippen LogP contribution in [0.1, 0.15) is 12.8 Å². The summed E-state index contributed by atoms with van der Waals surface area (Å²) < 4.78 is 2.99. The lowest BCUT2D eigenvalue weighted by Gasteiger charge is -2.02. The summed E-state index contributed by atoms with van der Waals surface area (Å²) in [5.74, 6) is 0.123. The van der Waals surface area contributed by atoms with Crippen LogP contribution in [-0.2, 0) is 11.3 Å². The fraction of sp³-hybridized carbons (Fsp3) is 0.286. The molecule has 1 aliphatic rings. The highest BCUT2D eigenvalue weighted by Gasteiger charge is 2.29. The van der Waals surface area contributed by atoms with E-state index in [0.29, 0.717) is 16.4 Å². The Morgan fingerprint density at radius 3 is 3.05 bits per heavy atom. The van der Waals surface area contributed by atoms with Gasteiger partial charge in [0.05, 0.1) is 15.2 Å². The number of aromatic nitrogens is 1. The van der Waals surface area contributed by atoms with E-state index < -0.39 is 0 Å². The molecule has 0 bridgehead atoms. The van der Waals surface area contributed by atoms with E-state index in [4.69, 9.17) is 11.6 Å². The van der Waals surface area contributed by atoms with Crippen molar-refractivity contribution >= 4 is 39.1 Å². The first-order valence-electron chi connectivity index (χ1n) is 6.18. The lowest BCUT2D eigenvalue weighted by molar-refractivity contribution is -0.119. The molecule has 98 valence electrons. The zero-order chi connectivity index (χ0) is 13.4. The maximum atomic E-state index is 11.9. The molecule has 2 aromatic rings. The van der Waals surface area contributed by atoms with E-state index in [1.54, 1.807) is 6.08 Å². The highest BCUT2D eigenvalue weighted by molar-refractivity contribution is 7.16. The van der Waals surface area contributed by atoms with Crippen molar-refractivity contribution in [2.45, 2.75) is 19.4 Å². The summed E-state index contributed by atoms with van der Waals surface area (Å²) in [6.45, 7) is 4.35. The van der Waals surface area contributed by atoms with Crippen LogP contribution in [0.5, 0.6) is 0 Å². The molecule has 19 heavy (non-hydrogen) atoms. The summed E-state index contributed by atoms with van der Waals surface area (Å²) in [4.78, 5) is 16.8. The van der Waals surface area contributed by atoms with Crippen molar-refractivity contribution in [2.75, 3.05) is 0 Å². The molecule has 3 rings (SSSR count). The second-order valence-electron chi connectivity index (χ2n) is 4.59. The van der Waals surface area contributed by atoms with Gasteiger partial charge in [0.1, 0.15) is 0 Å². The van der Waals surface area contributed by atoms with Gasteiger partial charge in [0, 0.05) is 12.5 Å². The Labute approximate surface area is 119 Å². The number of carbonyl (C=O) groups excluding carboxylic acids is 1. The van der Waals surface area contributed by atoms with Crippen molar-refractivity contribution in [1.29, 1.82) is 0 Å². The number of benzene rings is 1. The molecular weight excluding hydrogens is 280 g/mol. The molecule has 1 heterocycles. The predicted molar refractivity (Wildman–Crippen MR) is 78.3 cm³/mol. The largest absolute Gasteiger partial charge is 0.311 e. The molecule has 1 amide bonds. The second-order valence-corrected chi connectivity index (χ2v) is 6.01. The standard InChI is InChI=1S/C14H13ClN2OS/c1-2-8-17-12-10(15)4-3-5-11(12)19-14(17)16-13(18)9-6-7-9/h2-5,9H,1,6-8H2. The smallest absolute Gasteiger partial charge is 0.251 e. The van der Waals surface area contributed by atoms with Crippen LogP contribution in [0.25, 0.3) is 10.2 Å². The topological polar surface area (TPSA) is 34.4 Å². The highest BCUT2D eigenvalue weighted by atomic mass is 35.5. The van der Waals surface area contributed by atoms with Gasteiger partial charge < -0.3 is 4.57 Å². The van der Waals surface area contributed by atoms with Crippen molar-refractivity contribution in [2.24, 2.45) is 10.9 Å². The zero-order valence-corrected chi connectivity index (χ0v) is 11.9. The van der Waals surface area contributed by atoms with Crippen LogP contribution in [0.2, 0.25) is 5.02 Å². The van der Waals surface area contributed by atoms with Gasteiger partial charge in [0.2, 0.25) is 0 Å². The first kappa shape index (κ1) is 12.6. The van der Waals surface area contributed by atoms with Crippen molar-refractivity contribution in [3.8, 4) is 0 Å². The maximum absolute atomic E-state index is 11.9. The summed E-state index contributed by atoms with van der Waals surface area (Å²) in [5.41, 5.74) is 0.927. The van der Waals surface area contributed by atoms with Crippen molar-refractivity contribution in [3.05, 3.63) is 40.7 Å². The normalized spacial score (nSPS) is 15.9. The molecule has 0 N–H and O–H groups in total. The maximum Gasteiger partial charge on any atom is 0.251 e. The Morgan fingerprint density at radius 2 is 2.37 bits per heavy atom. The van der Waals surface area contributed by atoms with Crippen LogP contribution in [0, 0.1) is 5.92 Å². The van der Waals surface area contributed by atoms with Gasteiger partial charge in [-0.3, -0.25) is 4.79 Å². The van der Waals surface area contributed by atoms with Crippen LogP contribution in [-0.4, -0.2) is 10.5 Å². The summed E-state index contributed by atoms with van der Waals surface area (Å²) in [6.07, 6.45) is 3.72.